The minimum absolute atomic E-state index is 0.0350. The summed E-state index contributed by atoms with van der Waals surface area (Å²) in [4.78, 5) is 32.8. The first-order chi connectivity index (χ1) is 19.4. The molecule has 1 aliphatic rings. The molecule has 0 bridgehead atoms. The Labute approximate surface area is 242 Å². The van der Waals surface area contributed by atoms with Gasteiger partial charge in [0.25, 0.3) is 5.56 Å². The fourth-order valence-corrected chi connectivity index (χ4v) is 5.99. The predicted octanol–water partition coefficient (Wildman–Crippen LogP) is 4.42. The van der Waals surface area contributed by atoms with Crippen molar-refractivity contribution >= 4 is 45.0 Å². The molecular weight excluding hydrogens is 596 g/mol. The van der Waals surface area contributed by atoms with Crippen LogP contribution in [0.2, 0.25) is 0 Å². The van der Waals surface area contributed by atoms with Crippen molar-refractivity contribution in [3.63, 3.8) is 0 Å². The van der Waals surface area contributed by atoms with Crippen LogP contribution < -0.4 is 24.4 Å². The molecule has 0 spiro atoms. The van der Waals surface area contributed by atoms with Gasteiger partial charge in [-0.25, -0.2) is 9.79 Å². The summed E-state index contributed by atoms with van der Waals surface area (Å²) < 4.78 is 18.5. The second-order valence-electron chi connectivity index (χ2n) is 8.76. The Hall–Kier alpha value is -4.15. The maximum atomic E-state index is 14.0. The van der Waals surface area contributed by atoms with Crippen LogP contribution in [0.3, 0.4) is 0 Å². The summed E-state index contributed by atoms with van der Waals surface area (Å²) in [5, 5.41) is 10.2. The maximum Gasteiger partial charge on any atom is 0.338 e. The highest BCUT2D eigenvalue weighted by atomic mass is 79.9. The number of phenols is 1. The Kier molecular flexibility index (Phi) is 7.90. The molecule has 5 rings (SSSR count). The van der Waals surface area contributed by atoms with E-state index in [1.807, 2.05) is 42.5 Å². The SMILES string of the molecule is CCOC(=O)C1=C(c2ccccc2)N=c2s/c(=C\c3cc(Br)c(O)c(OC)c3)c(=O)n2[C@H]1c1ccc(OC)cc1. The van der Waals surface area contributed by atoms with Crippen molar-refractivity contribution < 1.29 is 24.1 Å². The molecule has 1 N–H and O–H groups in total. The van der Waals surface area contributed by atoms with Crippen molar-refractivity contribution in [2.24, 2.45) is 4.99 Å². The number of thiazole rings is 1. The van der Waals surface area contributed by atoms with Crippen LogP contribution >= 0.6 is 27.3 Å². The van der Waals surface area contributed by atoms with Gasteiger partial charge in [0.2, 0.25) is 0 Å². The lowest BCUT2D eigenvalue weighted by molar-refractivity contribution is -0.138. The number of fused-ring (bicyclic) bond motifs is 1. The number of halogens is 1. The summed E-state index contributed by atoms with van der Waals surface area (Å²) >= 11 is 4.54. The number of carbonyl (C=O) groups excluding carboxylic acids is 1. The van der Waals surface area contributed by atoms with E-state index in [0.29, 0.717) is 36.4 Å². The molecule has 10 heteroatoms. The van der Waals surface area contributed by atoms with Gasteiger partial charge < -0.3 is 19.3 Å². The number of rotatable bonds is 7. The number of methoxy groups -OCH3 is 2. The van der Waals surface area contributed by atoms with Gasteiger partial charge in [0.1, 0.15) is 5.75 Å². The predicted molar refractivity (Wildman–Crippen MR) is 156 cm³/mol. The molecule has 0 fully saturated rings. The van der Waals surface area contributed by atoms with E-state index in [0.717, 1.165) is 5.56 Å². The minimum Gasteiger partial charge on any atom is -0.503 e. The quantitative estimate of drug-likeness (QED) is 0.307. The van der Waals surface area contributed by atoms with Crippen LogP contribution in [-0.2, 0) is 9.53 Å². The lowest BCUT2D eigenvalue weighted by Crippen LogP contribution is -2.40. The summed E-state index contributed by atoms with van der Waals surface area (Å²) in [5.41, 5.74) is 2.47. The van der Waals surface area contributed by atoms with Gasteiger partial charge in [-0.15, -0.1) is 0 Å². The van der Waals surface area contributed by atoms with E-state index in [9.17, 15) is 14.7 Å². The zero-order valence-corrected chi connectivity index (χ0v) is 24.3. The summed E-state index contributed by atoms with van der Waals surface area (Å²) in [7, 11) is 3.03. The summed E-state index contributed by atoms with van der Waals surface area (Å²) in [6, 6.07) is 19.1. The highest BCUT2D eigenvalue weighted by Gasteiger charge is 2.35. The number of ether oxygens (including phenoxy) is 3. The van der Waals surface area contributed by atoms with Crippen molar-refractivity contribution in [1.82, 2.24) is 4.57 Å². The molecule has 3 aromatic carbocycles. The van der Waals surface area contributed by atoms with Crippen molar-refractivity contribution in [1.29, 1.82) is 0 Å². The Morgan fingerprint density at radius 3 is 2.48 bits per heavy atom. The smallest absolute Gasteiger partial charge is 0.338 e. The van der Waals surface area contributed by atoms with Crippen molar-refractivity contribution in [3.8, 4) is 17.2 Å². The standard InChI is InChI=1S/C30H25BrN2O6S/c1-4-39-29(36)24-25(18-8-6-5-7-9-18)32-30-33(26(24)19-10-12-20(37-2)13-11-19)28(35)23(40-30)16-17-14-21(31)27(34)22(15-17)38-3/h5-16,26,34H,4H2,1-3H3/b23-16-/t26-/m0/s1. The molecule has 40 heavy (non-hydrogen) atoms. The average Bonchev–Trinajstić information content (AvgIpc) is 3.28. The molecule has 8 nitrogen and oxygen atoms in total. The lowest BCUT2D eigenvalue weighted by Gasteiger charge is -2.26. The molecule has 1 atom stereocenters. The van der Waals surface area contributed by atoms with Crippen molar-refractivity contribution in [3.05, 3.63) is 113 Å². The van der Waals surface area contributed by atoms with Crippen LogP contribution in [0.15, 0.2) is 86.6 Å². The molecular formula is C30H25BrN2O6S. The van der Waals surface area contributed by atoms with E-state index in [1.54, 1.807) is 44.4 Å². The first kappa shape index (κ1) is 27.4. The van der Waals surface area contributed by atoms with E-state index in [1.165, 1.54) is 23.0 Å². The van der Waals surface area contributed by atoms with E-state index in [2.05, 4.69) is 15.9 Å². The van der Waals surface area contributed by atoms with E-state index < -0.39 is 12.0 Å². The number of hydrogen-bond acceptors (Lipinski definition) is 8. The Morgan fingerprint density at radius 1 is 1.10 bits per heavy atom. The van der Waals surface area contributed by atoms with Crippen LogP contribution in [0.5, 0.6) is 17.2 Å². The molecule has 1 aliphatic heterocycles. The monoisotopic (exact) mass is 620 g/mol. The Balaban J connectivity index is 1.81. The molecule has 2 heterocycles. The van der Waals surface area contributed by atoms with Crippen LogP contribution in [0.1, 0.15) is 29.7 Å². The maximum absolute atomic E-state index is 14.0. The molecule has 0 aliphatic carbocycles. The molecule has 204 valence electrons. The first-order valence-corrected chi connectivity index (χ1v) is 14.0. The fourth-order valence-electron chi connectivity index (χ4n) is 4.53. The molecule has 0 unspecified atom stereocenters. The fraction of sp³-hybridized carbons (Fsp3) is 0.167. The van der Waals surface area contributed by atoms with Gasteiger partial charge in [0, 0.05) is 5.56 Å². The number of nitrogens with zero attached hydrogens (tertiary/aromatic N) is 2. The summed E-state index contributed by atoms with van der Waals surface area (Å²) in [5.74, 6) is 0.327. The zero-order valence-electron chi connectivity index (χ0n) is 21.9. The van der Waals surface area contributed by atoms with Crippen LogP contribution in [0, 0.1) is 0 Å². The van der Waals surface area contributed by atoms with Gasteiger partial charge in [-0.1, -0.05) is 53.8 Å². The zero-order chi connectivity index (χ0) is 28.4. The Morgan fingerprint density at radius 2 is 1.82 bits per heavy atom. The van der Waals surface area contributed by atoms with Gasteiger partial charge in [-0.3, -0.25) is 9.36 Å². The van der Waals surface area contributed by atoms with E-state index in [-0.39, 0.29) is 29.2 Å². The first-order valence-electron chi connectivity index (χ1n) is 12.3. The van der Waals surface area contributed by atoms with Crippen molar-refractivity contribution in [2.45, 2.75) is 13.0 Å². The number of aromatic nitrogens is 1. The number of carbonyl (C=O) groups is 1. The van der Waals surface area contributed by atoms with Gasteiger partial charge in [-0.05, 0) is 64.3 Å². The average molecular weight is 622 g/mol. The third-order valence-corrected chi connectivity index (χ3v) is 7.96. The summed E-state index contributed by atoms with van der Waals surface area (Å²) in [6.45, 7) is 1.91. The highest BCUT2D eigenvalue weighted by Crippen LogP contribution is 2.37. The van der Waals surface area contributed by atoms with Crippen LogP contribution in [0.25, 0.3) is 11.8 Å². The van der Waals surface area contributed by atoms with Gasteiger partial charge in [0.15, 0.2) is 16.3 Å². The molecule has 0 saturated heterocycles. The van der Waals surface area contributed by atoms with Crippen molar-refractivity contribution in [2.75, 3.05) is 20.8 Å². The van der Waals surface area contributed by atoms with E-state index in [4.69, 9.17) is 19.2 Å². The number of benzene rings is 3. The third kappa shape index (κ3) is 5.07. The number of hydrogen-bond donors (Lipinski definition) is 1. The van der Waals surface area contributed by atoms with Crippen LogP contribution in [0.4, 0.5) is 0 Å². The molecule has 0 saturated carbocycles. The number of esters is 1. The molecule has 4 aromatic rings. The minimum atomic E-state index is -0.792. The Bertz CT molecular complexity index is 1790. The topological polar surface area (TPSA) is 99.4 Å². The largest absolute Gasteiger partial charge is 0.503 e. The second-order valence-corrected chi connectivity index (χ2v) is 10.6. The number of phenolic OH excluding ortho intramolecular Hbond substituents is 1. The van der Waals surface area contributed by atoms with Gasteiger partial charge >= 0.3 is 5.97 Å². The van der Waals surface area contributed by atoms with Gasteiger partial charge in [-0.2, -0.15) is 0 Å². The summed E-state index contributed by atoms with van der Waals surface area (Å²) in [6.07, 6.45) is 1.71. The lowest BCUT2D eigenvalue weighted by atomic mass is 9.93. The number of aromatic hydroxyl groups is 1. The molecule has 0 amide bonds. The molecule has 0 radical (unpaired) electrons. The molecule has 1 aromatic heterocycles. The normalized spacial score (nSPS) is 14.9. The highest BCUT2D eigenvalue weighted by molar-refractivity contribution is 9.10. The van der Waals surface area contributed by atoms with Gasteiger partial charge in [0.05, 0.1) is 47.1 Å². The second kappa shape index (κ2) is 11.5. The third-order valence-electron chi connectivity index (χ3n) is 6.37. The van der Waals surface area contributed by atoms with Crippen LogP contribution in [-0.4, -0.2) is 36.5 Å². The van der Waals surface area contributed by atoms with E-state index >= 15 is 0 Å².